The summed E-state index contributed by atoms with van der Waals surface area (Å²) in [5, 5.41) is 4.88. The Hall–Kier alpha value is -3.49. The van der Waals surface area contributed by atoms with E-state index in [1.54, 1.807) is 12.1 Å². The van der Waals surface area contributed by atoms with Gasteiger partial charge in [-0.2, -0.15) is 0 Å². The number of ether oxygens (including phenoxy) is 1. The third-order valence-electron chi connectivity index (χ3n) is 5.22. The predicted molar refractivity (Wildman–Crippen MR) is 105 cm³/mol. The van der Waals surface area contributed by atoms with Gasteiger partial charge in [-0.05, 0) is 50.1 Å². The van der Waals surface area contributed by atoms with Gasteiger partial charge in [-0.15, -0.1) is 0 Å². The van der Waals surface area contributed by atoms with Crippen molar-refractivity contribution < 1.29 is 27.9 Å². The smallest absolute Gasteiger partial charge is 0.338 e. The Labute approximate surface area is 171 Å². The molecule has 1 fully saturated rings. The molecule has 0 spiro atoms. The molecule has 2 atom stereocenters. The molecule has 0 radical (unpaired) electrons. The summed E-state index contributed by atoms with van der Waals surface area (Å²) in [4.78, 5) is 38.9. The molecule has 2 aliphatic heterocycles. The van der Waals surface area contributed by atoms with Crippen LogP contribution in [0.15, 0.2) is 36.4 Å². The topological polar surface area (TPSA) is 87.7 Å². The number of rotatable bonds is 4. The van der Waals surface area contributed by atoms with Gasteiger partial charge < -0.3 is 20.3 Å². The van der Waals surface area contributed by atoms with Crippen molar-refractivity contribution in [1.82, 2.24) is 0 Å². The number of fused-ring (bicyclic) bond motifs is 3. The first-order chi connectivity index (χ1) is 14.3. The van der Waals surface area contributed by atoms with Crippen molar-refractivity contribution in [2.45, 2.75) is 31.9 Å². The van der Waals surface area contributed by atoms with E-state index in [9.17, 15) is 23.2 Å². The fraction of sp³-hybridized carbons (Fsp3) is 0.286. The average molecular weight is 415 g/mol. The molecule has 2 aromatic rings. The molecule has 0 unspecified atom stereocenters. The number of para-hydroxylation sites is 1. The van der Waals surface area contributed by atoms with Crippen LogP contribution in [0.1, 0.15) is 30.1 Å². The van der Waals surface area contributed by atoms with Gasteiger partial charge in [-0.25, -0.2) is 13.6 Å². The maximum absolute atomic E-state index is 13.7. The minimum absolute atomic E-state index is 0.120. The molecule has 7 nitrogen and oxygen atoms in total. The molecular weight excluding hydrogens is 396 g/mol. The van der Waals surface area contributed by atoms with Crippen molar-refractivity contribution in [3.8, 4) is 0 Å². The van der Waals surface area contributed by atoms with Gasteiger partial charge in [0.25, 0.3) is 5.91 Å². The molecule has 2 N–H and O–H groups in total. The summed E-state index contributed by atoms with van der Waals surface area (Å²) in [5.74, 6) is -3.67. The number of carbonyl (C=O) groups is 3. The van der Waals surface area contributed by atoms with Crippen LogP contribution in [0, 0.1) is 11.6 Å². The van der Waals surface area contributed by atoms with Crippen molar-refractivity contribution in [3.05, 3.63) is 53.6 Å². The molecule has 2 aromatic carbocycles. The van der Waals surface area contributed by atoms with Gasteiger partial charge in [0.15, 0.2) is 6.10 Å². The van der Waals surface area contributed by atoms with E-state index in [1.165, 1.54) is 19.1 Å². The largest absolute Gasteiger partial charge is 0.449 e. The van der Waals surface area contributed by atoms with Crippen molar-refractivity contribution in [1.29, 1.82) is 0 Å². The molecule has 2 amide bonds. The highest BCUT2D eigenvalue weighted by atomic mass is 19.1. The summed E-state index contributed by atoms with van der Waals surface area (Å²) in [6.07, 6.45) is 0.394. The van der Waals surface area contributed by atoms with Crippen molar-refractivity contribution in [2.24, 2.45) is 0 Å². The second-order valence-corrected chi connectivity index (χ2v) is 7.21. The Morgan fingerprint density at radius 2 is 1.97 bits per heavy atom. The zero-order chi connectivity index (χ0) is 21.4. The number of esters is 1. The Morgan fingerprint density at radius 3 is 2.70 bits per heavy atom. The predicted octanol–water partition coefficient (Wildman–Crippen LogP) is 3.07. The van der Waals surface area contributed by atoms with Crippen LogP contribution in [0.4, 0.5) is 25.8 Å². The number of hydrogen-bond acceptors (Lipinski definition) is 5. The fourth-order valence-electron chi connectivity index (χ4n) is 3.68. The van der Waals surface area contributed by atoms with Crippen LogP contribution in [0.3, 0.4) is 0 Å². The van der Waals surface area contributed by atoms with Crippen LogP contribution in [-0.4, -0.2) is 36.5 Å². The monoisotopic (exact) mass is 415 g/mol. The molecule has 156 valence electrons. The van der Waals surface area contributed by atoms with Crippen LogP contribution in [0.2, 0.25) is 0 Å². The highest BCUT2D eigenvalue weighted by Crippen LogP contribution is 2.37. The third kappa shape index (κ3) is 3.58. The van der Waals surface area contributed by atoms with Gasteiger partial charge in [0.2, 0.25) is 5.91 Å². The molecule has 9 heteroatoms. The summed E-state index contributed by atoms with van der Waals surface area (Å²) in [5.41, 5.74) is 0.859. The van der Waals surface area contributed by atoms with E-state index in [1.807, 2.05) is 4.90 Å². The normalized spacial score (nSPS) is 18.2. The third-order valence-corrected chi connectivity index (χ3v) is 5.22. The van der Waals surface area contributed by atoms with Gasteiger partial charge in [0.1, 0.15) is 23.4 Å². The molecule has 4 rings (SSSR count). The standard InChI is InChI=1S/C21H19F2N3O4/c1-11(19(27)25-18-13(22)4-2-5-14(18)23)30-21(29)12-7-8-16-15(10-12)24-20(28)17-6-3-9-26(16)17/h2,4-5,7-8,10-11,17H,3,6,9H2,1H3,(H,24,28)(H,25,27)/t11-,17-/m1/s1. The summed E-state index contributed by atoms with van der Waals surface area (Å²) < 4.78 is 32.5. The first-order valence-electron chi connectivity index (χ1n) is 9.52. The maximum atomic E-state index is 13.7. The Kier molecular flexibility index (Phi) is 5.11. The number of amides is 2. The van der Waals surface area contributed by atoms with E-state index in [0.717, 1.165) is 37.2 Å². The van der Waals surface area contributed by atoms with Crippen LogP contribution in [-0.2, 0) is 14.3 Å². The maximum Gasteiger partial charge on any atom is 0.338 e. The van der Waals surface area contributed by atoms with E-state index in [-0.39, 0.29) is 17.5 Å². The lowest BCUT2D eigenvalue weighted by Gasteiger charge is -2.33. The van der Waals surface area contributed by atoms with Gasteiger partial charge in [0, 0.05) is 6.54 Å². The van der Waals surface area contributed by atoms with Crippen molar-refractivity contribution in [3.63, 3.8) is 0 Å². The SMILES string of the molecule is C[C@@H](OC(=O)c1ccc2c(c1)NC(=O)[C@H]1CCCN21)C(=O)Nc1c(F)cccc1F. The van der Waals surface area contributed by atoms with Gasteiger partial charge in [-0.3, -0.25) is 9.59 Å². The van der Waals surface area contributed by atoms with Gasteiger partial charge in [0.05, 0.1) is 16.9 Å². The highest BCUT2D eigenvalue weighted by molar-refractivity contribution is 6.06. The number of benzene rings is 2. The molecule has 0 saturated carbocycles. The lowest BCUT2D eigenvalue weighted by molar-refractivity contribution is -0.123. The second kappa shape index (κ2) is 7.74. The quantitative estimate of drug-likeness (QED) is 0.750. The summed E-state index contributed by atoms with van der Waals surface area (Å²) in [6.45, 7) is 2.06. The zero-order valence-corrected chi connectivity index (χ0v) is 16.1. The molecule has 0 bridgehead atoms. The Bertz CT molecular complexity index is 1020. The van der Waals surface area contributed by atoms with Crippen LogP contribution >= 0.6 is 0 Å². The van der Waals surface area contributed by atoms with E-state index in [2.05, 4.69) is 10.6 Å². The molecule has 2 aliphatic rings. The van der Waals surface area contributed by atoms with Crippen LogP contribution in [0.5, 0.6) is 0 Å². The summed E-state index contributed by atoms with van der Waals surface area (Å²) in [6, 6.07) is 7.74. The zero-order valence-electron chi connectivity index (χ0n) is 16.1. The number of hydrogen-bond donors (Lipinski definition) is 2. The number of nitrogens with one attached hydrogen (secondary N) is 2. The van der Waals surface area contributed by atoms with Gasteiger partial charge >= 0.3 is 5.97 Å². The lowest BCUT2D eigenvalue weighted by atomic mass is 10.1. The minimum Gasteiger partial charge on any atom is -0.449 e. The summed E-state index contributed by atoms with van der Waals surface area (Å²) in [7, 11) is 0. The van der Waals surface area contributed by atoms with Crippen molar-refractivity contribution >= 4 is 34.8 Å². The number of carbonyl (C=O) groups excluding carboxylic acids is 3. The number of halogens is 2. The number of anilines is 3. The van der Waals surface area contributed by atoms with E-state index >= 15 is 0 Å². The first-order valence-corrected chi connectivity index (χ1v) is 9.52. The fourth-order valence-corrected chi connectivity index (χ4v) is 3.68. The lowest BCUT2D eigenvalue weighted by Crippen LogP contribution is -2.43. The Morgan fingerprint density at radius 1 is 1.23 bits per heavy atom. The first kappa shape index (κ1) is 19.8. The second-order valence-electron chi connectivity index (χ2n) is 7.21. The molecule has 2 heterocycles. The van der Waals surface area contributed by atoms with Crippen LogP contribution < -0.4 is 15.5 Å². The van der Waals surface area contributed by atoms with Crippen molar-refractivity contribution in [2.75, 3.05) is 22.1 Å². The van der Waals surface area contributed by atoms with E-state index in [0.29, 0.717) is 5.69 Å². The molecule has 30 heavy (non-hydrogen) atoms. The van der Waals surface area contributed by atoms with Gasteiger partial charge in [-0.1, -0.05) is 6.07 Å². The average Bonchev–Trinajstić information content (AvgIpc) is 3.21. The Balaban J connectivity index is 1.46. The highest BCUT2D eigenvalue weighted by Gasteiger charge is 2.36. The molecule has 0 aliphatic carbocycles. The molecule has 1 saturated heterocycles. The van der Waals surface area contributed by atoms with E-state index < -0.39 is 35.3 Å². The van der Waals surface area contributed by atoms with Crippen LogP contribution in [0.25, 0.3) is 0 Å². The molecular formula is C21H19F2N3O4. The molecule has 0 aromatic heterocycles. The summed E-state index contributed by atoms with van der Waals surface area (Å²) >= 11 is 0. The minimum atomic E-state index is -1.30. The number of nitrogens with zero attached hydrogens (tertiary/aromatic N) is 1. The van der Waals surface area contributed by atoms with E-state index in [4.69, 9.17) is 4.74 Å².